The summed E-state index contributed by atoms with van der Waals surface area (Å²) in [6.07, 6.45) is 13.1. The van der Waals surface area contributed by atoms with Crippen LogP contribution in [0.15, 0.2) is 40.7 Å². The van der Waals surface area contributed by atoms with Gasteiger partial charge in [-0.2, -0.15) is 0 Å². The van der Waals surface area contributed by atoms with Crippen molar-refractivity contribution in [3.05, 3.63) is 56.4 Å². The largest absolute Gasteiger partial charge is 0.493 e. The number of hydrogen-bond acceptors (Lipinski definition) is 8. The van der Waals surface area contributed by atoms with E-state index in [2.05, 4.69) is 21.2 Å². The zero-order valence-electron chi connectivity index (χ0n) is 26.3. The first kappa shape index (κ1) is 36.3. The van der Waals surface area contributed by atoms with E-state index in [1.54, 1.807) is 26.8 Å². The van der Waals surface area contributed by atoms with Crippen molar-refractivity contribution in [1.29, 1.82) is 0 Å². The summed E-state index contributed by atoms with van der Waals surface area (Å²) in [5.74, 6) is -1.74. The monoisotopic (exact) mass is 664 g/mol. The first-order valence-corrected chi connectivity index (χ1v) is 16.9. The van der Waals surface area contributed by atoms with Crippen LogP contribution in [0.5, 0.6) is 5.75 Å². The molecule has 43 heavy (non-hydrogen) atoms. The molecule has 0 spiro atoms. The summed E-state index contributed by atoms with van der Waals surface area (Å²) in [5.41, 5.74) is 1.82. The fraction of sp³-hybridized carbons (Fsp3) is 0.636. The lowest BCUT2D eigenvalue weighted by molar-refractivity contribution is -0.384. The number of nitro benzene ring substituents is 1. The molecule has 1 N–H and O–H groups in total. The number of unbranched alkanes of at least 4 members (excludes halogenated alkanes) is 9. The Morgan fingerprint density at radius 1 is 0.884 bits per heavy atom. The Morgan fingerprint density at radius 3 is 1.98 bits per heavy atom. The highest BCUT2D eigenvalue weighted by Crippen LogP contribution is 2.44. The third kappa shape index (κ3) is 11.3. The van der Waals surface area contributed by atoms with Gasteiger partial charge in [0.1, 0.15) is 5.75 Å². The lowest BCUT2D eigenvalue weighted by Crippen LogP contribution is -2.33. The van der Waals surface area contributed by atoms with Crippen molar-refractivity contribution in [2.24, 2.45) is 0 Å². The highest BCUT2D eigenvalue weighted by molar-refractivity contribution is 9.09. The topological polar surface area (TPSA) is 117 Å². The van der Waals surface area contributed by atoms with Gasteiger partial charge < -0.3 is 19.5 Å². The molecule has 0 aliphatic carbocycles. The van der Waals surface area contributed by atoms with E-state index >= 15 is 0 Å². The molecule has 10 heteroatoms. The van der Waals surface area contributed by atoms with Gasteiger partial charge in [-0.1, -0.05) is 80.6 Å². The molecular formula is C33H49BrN2O7. The van der Waals surface area contributed by atoms with Crippen LogP contribution in [0, 0.1) is 10.1 Å². The van der Waals surface area contributed by atoms with Crippen LogP contribution < -0.4 is 10.1 Å². The molecule has 0 radical (unpaired) electrons. The van der Waals surface area contributed by atoms with E-state index in [0.29, 0.717) is 35.7 Å². The molecule has 0 aromatic heterocycles. The molecular weight excluding hydrogens is 616 g/mol. The summed E-state index contributed by atoms with van der Waals surface area (Å²) in [5, 5.41) is 16.1. The van der Waals surface area contributed by atoms with Crippen LogP contribution in [0.2, 0.25) is 0 Å². The number of carbonyl (C=O) groups is 2. The molecule has 0 fully saturated rings. The second-order valence-electron chi connectivity index (χ2n) is 10.7. The van der Waals surface area contributed by atoms with Gasteiger partial charge in [0.05, 0.1) is 41.8 Å². The second-order valence-corrected chi connectivity index (χ2v) is 11.5. The fourth-order valence-corrected chi connectivity index (χ4v) is 5.78. The van der Waals surface area contributed by atoms with Crippen molar-refractivity contribution in [2.75, 3.05) is 25.2 Å². The van der Waals surface area contributed by atoms with Crippen molar-refractivity contribution in [2.45, 2.75) is 111 Å². The number of alkyl halides is 1. The number of nitrogens with one attached hydrogen (secondary N) is 1. The number of nitro groups is 1. The molecule has 240 valence electrons. The van der Waals surface area contributed by atoms with Gasteiger partial charge in [-0.15, -0.1) is 0 Å². The minimum absolute atomic E-state index is 0.137. The Balaban J connectivity index is 2.31. The molecule has 9 nitrogen and oxygen atoms in total. The molecule has 0 saturated heterocycles. The second kappa shape index (κ2) is 20.1. The summed E-state index contributed by atoms with van der Waals surface area (Å²) < 4.78 is 17.1. The Morgan fingerprint density at radius 2 is 1.44 bits per heavy atom. The maximum atomic E-state index is 13.4. The molecule has 1 heterocycles. The van der Waals surface area contributed by atoms with Crippen LogP contribution >= 0.6 is 15.9 Å². The average molecular weight is 666 g/mol. The predicted octanol–water partition coefficient (Wildman–Crippen LogP) is 8.41. The summed E-state index contributed by atoms with van der Waals surface area (Å²) in [7, 11) is 0. The Bertz CT molecular complexity index is 1130. The summed E-state index contributed by atoms with van der Waals surface area (Å²) in [4.78, 5) is 38.1. The summed E-state index contributed by atoms with van der Waals surface area (Å²) in [6, 6.07) is 4.35. The van der Waals surface area contributed by atoms with E-state index in [1.807, 2.05) is 6.92 Å². The van der Waals surface area contributed by atoms with Gasteiger partial charge in [-0.05, 0) is 46.1 Å². The third-order valence-corrected chi connectivity index (χ3v) is 8.00. The van der Waals surface area contributed by atoms with Crippen LogP contribution in [0.25, 0.3) is 0 Å². The highest BCUT2D eigenvalue weighted by atomic mass is 79.9. The number of halogens is 1. The maximum Gasteiger partial charge on any atom is 0.336 e. The highest BCUT2D eigenvalue weighted by Gasteiger charge is 2.40. The smallest absolute Gasteiger partial charge is 0.336 e. The Labute approximate surface area is 265 Å². The number of hydrogen-bond donors (Lipinski definition) is 1. The Kier molecular flexibility index (Phi) is 17.0. The molecule has 1 aromatic carbocycles. The van der Waals surface area contributed by atoms with Crippen LogP contribution in [0.4, 0.5) is 5.69 Å². The average Bonchev–Trinajstić information content (AvgIpc) is 2.97. The summed E-state index contributed by atoms with van der Waals surface area (Å²) in [6.45, 7) is 7.85. The van der Waals surface area contributed by atoms with E-state index in [9.17, 15) is 19.7 Å². The van der Waals surface area contributed by atoms with Gasteiger partial charge in [-0.3, -0.25) is 10.1 Å². The molecule has 1 aliphatic heterocycles. The zero-order chi connectivity index (χ0) is 31.6. The first-order chi connectivity index (χ1) is 20.8. The molecule has 1 aliphatic rings. The van der Waals surface area contributed by atoms with Gasteiger partial charge in [-0.25, -0.2) is 9.59 Å². The normalized spacial score (nSPS) is 14.9. The van der Waals surface area contributed by atoms with E-state index in [4.69, 9.17) is 14.2 Å². The summed E-state index contributed by atoms with van der Waals surface area (Å²) >= 11 is 3.48. The maximum absolute atomic E-state index is 13.4. The molecule has 1 atom stereocenters. The number of allylic oxidation sites excluding steroid dienone is 2. The lowest BCUT2D eigenvalue weighted by Gasteiger charge is -2.32. The Hall–Kier alpha value is -2.88. The van der Waals surface area contributed by atoms with Crippen molar-refractivity contribution in [3.63, 3.8) is 0 Å². The van der Waals surface area contributed by atoms with E-state index in [-0.39, 0.29) is 30.0 Å². The van der Waals surface area contributed by atoms with Gasteiger partial charge in [0, 0.05) is 34.4 Å². The molecule has 0 saturated carbocycles. The van der Waals surface area contributed by atoms with Crippen LogP contribution in [0.1, 0.15) is 116 Å². The third-order valence-electron chi connectivity index (χ3n) is 7.44. The quantitative estimate of drug-likeness (QED) is 0.0458. The lowest BCUT2D eigenvalue weighted by atomic mass is 9.79. The van der Waals surface area contributed by atoms with Crippen molar-refractivity contribution in [3.8, 4) is 5.75 Å². The number of esters is 2. The molecule has 2 rings (SSSR count). The molecule has 1 unspecified atom stereocenters. The van der Waals surface area contributed by atoms with Crippen LogP contribution in [0.3, 0.4) is 0 Å². The standard InChI is InChI=1S/C33H49BrN2O7/c1-5-18-27-31(33(38)42-7-3)30(29(24(4)35-27)32(37)41-6-2)26-23-25(36(39)40)19-20-28(26)43-22-17-15-13-11-9-8-10-12-14-16-21-34/h19-20,23,30,35H,5-18,21-22H2,1-4H3. The van der Waals surface area contributed by atoms with Crippen molar-refractivity contribution in [1.82, 2.24) is 5.32 Å². The SMILES string of the molecule is CCCC1=C(C(=O)OCC)C(c2cc([N+](=O)[O-])ccc2OCCCCCCCCCCCCBr)C(C(=O)OCC)=C(C)N1. The van der Waals surface area contributed by atoms with E-state index in [0.717, 1.165) is 31.0 Å². The zero-order valence-corrected chi connectivity index (χ0v) is 27.9. The number of non-ortho nitro benzene ring substituents is 1. The van der Waals surface area contributed by atoms with Gasteiger partial charge >= 0.3 is 11.9 Å². The van der Waals surface area contributed by atoms with E-state index < -0.39 is 22.8 Å². The van der Waals surface area contributed by atoms with Gasteiger partial charge in [0.2, 0.25) is 0 Å². The van der Waals surface area contributed by atoms with Gasteiger partial charge in [0.25, 0.3) is 5.69 Å². The number of dihydropyridines is 1. The number of rotatable bonds is 21. The van der Waals surface area contributed by atoms with Crippen LogP contribution in [-0.2, 0) is 19.1 Å². The van der Waals surface area contributed by atoms with Gasteiger partial charge in [0.15, 0.2) is 0 Å². The molecule has 0 bridgehead atoms. The van der Waals surface area contributed by atoms with Crippen LogP contribution in [-0.4, -0.2) is 42.0 Å². The fourth-order valence-electron chi connectivity index (χ4n) is 5.38. The number of nitrogens with zero attached hydrogens (tertiary/aromatic N) is 1. The number of ether oxygens (including phenoxy) is 3. The molecule has 0 amide bonds. The predicted molar refractivity (Wildman–Crippen MR) is 172 cm³/mol. The van der Waals surface area contributed by atoms with Crippen molar-refractivity contribution < 1.29 is 28.7 Å². The van der Waals surface area contributed by atoms with E-state index in [1.165, 1.54) is 57.1 Å². The first-order valence-electron chi connectivity index (χ1n) is 15.8. The van der Waals surface area contributed by atoms with Crippen molar-refractivity contribution >= 4 is 33.6 Å². The minimum atomic E-state index is -0.953. The minimum Gasteiger partial charge on any atom is -0.493 e. The molecule has 1 aromatic rings. The number of carbonyl (C=O) groups excluding carboxylic acids is 2. The number of benzene rings is 1.